The summed E-state index contributed by atoms with van der Waals surface area (Å²) >= 11 is 5.86. The molecule has 1 aliphatic heterocycles. The molecule has 0 bridgehead atoms. The zero-order valence-electron chi connectivity index (χ0n) is 11.5. The second-order valence-corrected chi connectivity index (χ2v) is 6.13. The number of amides is 1. The van der Waals surface area contributed by atoms with Crippen LogP contribution in [0.15, 0.2) is 18.3 Å². The molecule has 0 aliphatic carbocycles. The van der Waals surface area contributed by atoms with Crippen LogP contribution in [-0.2, 0) is 4.79 Å². The highest BCUT2D eigenvalue weighted by Crippen LogP contribution is 2.36. The highest BCUT2D eigenvalue weighted by molar-refractivity contribution is 6.30. The molecule has 1 aromatic heterocycles. The largest absolute Gasteiger partial charge is 0.480 e. The molecule has 1 N–H and O–H groups in total. The lowest BCUT2D eigenvalue weighted by Gasteiger charge is -2.43. The van der Waals surface area contributed by atoms with E-state index in [1.54, 1.807) is 6.07 Å². The Kier molecular flexibility index (Phi) is 3.99. The molecule has 0 saturated carbocycles. The molecule has 2 rings (SSSR count). The molecule has 5 nitrogen and oxygen atoms in total. The molecule has 108 valence electrons. The first-order valence-electron chi connectivity index (χ1n) is 6.48. The van der Waals surface area contributed by atoms with Crippen LogP contribution >= 0.6 is 11.6 Å². The Morgan fingerprint density at radius 3 is 2.80 bits per heavy atom. The summed E-state index contributed by atoms with van der Waals surface area (Å²) in [7, 11) is 0. The topological polar surface area (TPSA) is 70.5 Å². The second kappa shape index (κ2) is 5.40. The SMILES string of the molecule is CC1(C)CCCN(C(=O)c2cc(Cl)ccn2)C1C(=O)O. The number of halogens is 1. The summed E-state index contributed by atoms with van der Waals surface area (Å²) in [5.41, 5.74) is -0.278. The maximum Gasteiger partial charge on any atom is 0.326 e. The van der Waals surface area contributed by atoms with E-state index >= 15 is 0 Å². The van der Waals surface area contributed by atoms with E-state index in [0.717, 1.165) is 12.8 Å². The lowest BCUT2D eigenvalue weighted by Crippen LogP contribution is -2.56. The smallest absolute Gasteiger partial charge is 0.326 e. The minimum absolute atomic E-state index is 0.182. The summed E-state index contributed by atoms with van der Waals surface area (Å²) in [6, 6.07) is 2.20. The van der Waals surface area contributed by atoms with Crippen molar-refractivity contribution in [3.05, 3.63) is 29.0 Å². The van der Waals surface area contributed by atoms with E-state index in [2.05, 4.69) is 4.98 Å². The fourth-order valence-corrected chi connectivity index (χ4v) is 2.91. The molecular formula is C14H17ClN2O3. The van der Waals surface area contributed by atoms with Gasteiger partial charge in [0.1, 0.15) is 11.7 Å². The summed E-state index contributed by atoms with van der Waals surface area (Å²) < 4.78 is 0. The van der Waals surface area contributed by atoms with E-state index < -0.39 is 17.4 Å². The highest BCUT2D eigenvalue weighted by Gasteiger charge is 2.44. The van der Waals surface area contributed by atoms with E-state index in [-0.39, 0.29) is 11.6 Å². The van der Waals surface area contributed by atoms with Gasteiger partial charge in [-0.25, -0.2) is 4.79 Å². The molecule has 6 heteroatoms. The maximum absolute atomic E-state index is 12.5. The van der Waals surface area contributed by atoms with Gasteiger partial charge in [-0.1, -0.05) is 25.4 Å². The third kappa shape index (κ3) is 2.77. The molecule has 1 unspecified atom stereocenters. The standard InChI is InChI=1S/C14H17ClN2O3/c1-14(2)5-3-7-17(11(14)13(19)20)12(18)10-8-9(15)4-6-16-10/h4,6,8,11H,3,5,7H2,1-2H3,(H,19,20). The van der Waals surface area contributed by atoms with E-state index in [9.17, 15) is 14.7 Å². The number of rotatable bonds is 2. The van der Waals surface area contributed by atoms with Crippen molar-refractivity contribution in [1.29, 1.82) is 0 Å². The van der Waals surface area contributed by atoms with Gasteiger partial charge in [0.05, 0.1) is 0 Å². The normalized spacial score (nSPS) is 21.6. The van der Waals surface area contributed by atoms with Crippen LogP contribution in [0, 0.1) is 5.41 Å². The molecular weight excluding hydrogens is 280 g/mol. The number of piperidine rings is 1. The molecule has 0 aromatic carbocycles. The number of aliphatic carboxylic acids is 1. The van der Waals surface area contributed by atoms with Crippen LogP contribution in [0.25, 0.3) is 0 Å². The number of carboxylic acids is 1. The zero-order valence-corrected chi connectivity index (χ0v) is 12.2. The van der Waals surface area contributed by atoms with Gasteiger partial charge in [-0.05, 0) is 30.4 Å². The number of carboxylic acid groups (broad SMARTS) is 1. The van der Waals surface area contributed by atoms with E-state index in [0.29, 0.717) is 11.6 Å². The van der Waals surface area contributed by atoms with Crippen molar-refractivity contribution in [2.75, 3.05) is 6.54 Å². The van der Waals surface area contributed by atoms with Crippen molar-refractivity contribution in [3.63, 3.8) is 0 Å². The van der Waals surface area contributed by atoms with Crippen molar-refractivity contribution >= 4 is 23.5 Å². The Labute approximate surface area is 122 Å². The number of nitrogens with zero attached hydrogens (tertiary/aromatic N) is 2. The van der Waals surface area contributed by atoms with Gasteiger partial charge in [-0.3, -0.25) is 9.78 Å². The first kappa shape index (κ1) is 14.8. The maximum atomic E-state index is 12.5. The summed E-state index contributed by atoms with van der Waals surface area (Å²) in [4.78, 5) is 29.4. The van der Waals surface area contributed by atoms with Crippen molar-refractivity contribution in [1.82, 2.24) is 9.88 Å². The fraction of sp³-hybridized carbons (Fsp3) is 0.500. The van der Waals surface area contributed by atoms with Crippen LogP contribution in [0.5, 0.6) is 0 Å². The molecule has 1 aliphatic rings. The summed E-state index contributed by atoms with van der Waals surface area (Å²) in [6.07, 6.45) is 3.00. The number of likely N-dealkylation sites (tertiary alicyclic amines) is 1. The van der Waals surface area contributed by atoms with Gasteiger partial charge < -0.3 is 10.0 Å². The molecule has 1 amide bonds. The van der Waals surface area contributed by atoms with Gasteiger partial charge in [0.25, 0.3) is 5.91 Å². The van der Waals surface area contributed by atoms with E-state index in [4.69, 9.17) is 11.6 Å². The van der Waals surface area contributed by atoms with E-state index in [1.807, 2.05) is 13.8 Å². The molecule has 0 radical (unpaired) electrons. The number of hydrogen-bond acceptors (Lipinski definition) is 3. The lowest BCUT2D eigenvalue weighted by molar-refractivity contribution is -0.148. The third-order valence-corrected chi connectivity index (χ3v) is 3.94. The van der Waals surface area contributed by atoms with Crippen molar-refractivity contribution in [2.45, 2.75) is 32.7 Å². The minimum atomic E-state index is -0.981. The zero-order chi connectivity index (χ0) is 14.9. The fourth-order valence-electron chi connectivity index (χ4n) is 2.75. The predicted molar refractivity (Wildman–Crippen MR) is 74.7 cm³/mol. The van der Waals surface area contributed by atoms with Crippen LogP contribution in [0.4, 0.5) is 0 Å². The molecule has 0 spiro atoms. The molecule has 1 saturated heterocycles. The Balaban J connectivity index is 2.34. The average Bonchev–Trinajstić information content (AvgIpc) is 2.35. The first-order valence-corrected chi connectivity index (χ1v) is 6.86. The van der Waals surface area contributed by atoms with Crippen molar-refractivity contribution < 1.29 is 14.7 Å². The number of aromatic nitrogens is 1. The quantitative estimate of drug-likeness (QED) is 0.910. The van der Waals surface area contributed by atoms with Crippen molar-refractivity contribution in [2.24, 2.45) is 5.41 Å². The number of carbonyl (C=O) groups excluding carboxylic acids is 1. The van der Waals surface area contributed by atoms with Gasteiger partial charge in [0.15, 0.2) is 0 Å². The van der Waals surface area contributed by atoms with Crippen LogP contribution in [-0.4, -0.2) is 39.5 Å². The predicted octanol–water partition coefficient (Wildman–Crippen LogP) is 2.45. The van der Waals surface area contributed by atoms with Crippen LogP contribution < -0.4 is 0 Å². The second-order valence-electron chi connectivity index (χ2n) is 5.69. The van der Waals surface area contributed by atoms with Gasteiger partial charge in [0, 0.05) is 17.8 Å². The summed E-state index contributed by atoms with van der Waals surface area (Å²) in [6.45, 7) is 4.17. The molecule has 20 heavy (non-hydrogen) atoms. The number of pyridine rings is 1. The van der Waals surface area contributed by atoms with Gasteiger partial charge >= 0.3 is 5.97 Å². The molecule has 1 atom stereocenters. The van der Waals surface area contributed by atoms with Gasteiger partial charge in [0.2, 0.25) is 0 Å². The Morgan fingerprint density at radius 2 is 2.20 bits per heavy atom. The third-order valence-electron chi connectivity index (χ3n) is 3.71. The summed E-state index contributed by atoms with van der Waals surface area (Å²) in [5, 5.41) is 9.86. The first-order chi connectivity index (χ1) is 9.33. The molecule has 2 heterocycles. The van der Waals surface area contributed by atoms with Crippen molar-refractivity contribution in [3.8, 4) is 0 Å². The van der Waals surface area contributed by atoms with Crippen LogP contribution in [0.3, 0.4) is 0 Å². The monoisotopic (exact) mass is 296 g/mol. The van der Waals surface area contributed by atoms with E-state index in [1.165, 1.54) is 17.2 Å². The Morgan fingerprint density at radius 1 is 1.50 bits per heavy atom. The van der Waals surface area contributed by atoms with Gasteiger partial charge in [-0.2, -0.15) is 0 Å². The Hall–Kier alpha value is -1.62. The number of carbonyl (C=O) groups is 2. The average molecular weight is 297 g/mol. The summed E-state index contributed by atoms with van der Waals surface area (Å²) in [5.74, 6) is -1.36. The van der Waals surface area contributed by atoms with Crippen LogP contribution in [0.2, 0.25) is 5.02 Å². The van der Waals surface area contributed by atoms with Crippen LogP contribution in [0.1, 0.15) is 37.2 Å². The molecule has 1 aromatic rings. The highest BCUT2D eigenvalue weighted by atomic mass is 35.5. The number of hydrogen-bond donors (Lipinski definition) is 1. The lowest BCUT2D eigenvalue weighted by atomic mass is 9.76. The molecule has 1 fully saturated rings. The minimum Gasteiger partial charge on any atom is -0.480 e. The Bertz CT molecular complexity index is 545. The van der Waals surface area contributed by atoms with Gasteiger partial charge in [-0.15, -0.1) is 0 Å².